The number of aromatic carboxylic acids is 1. The van der Waals surface area contributed by atoms with E-state index >= 15 is 0 Å². The van der Waals surface area contributed by atoms with Crippen molar-refractivity contribution in [2.75, 3.05) is 12.0 Å². The molecule has 11 heteroatoms. The minimum atomic E-state index is -1.02. The monoisotopic (exact) mass is 540 g/mol. The van der Waals surface area contributed by atoms with Gasteiger partial charge in [-0.05, 0) is 59.7 Å². The number of nitrogens with zero attached hydrogens (tertiary/aromatic N) is 1. The van der Waals surface area contributed by atoms with Gasteiger partial charge in [-0.2, -0.15) is 0 Å². The molecule has 0 saturated carbocycles. The fourth-order valence-electron chi connectivity index (χ4n) is 3.50. The molecule has 0 aliphatic carbocycles. The Balaban J connectivity index is 1.57. The zero-order valence-electron chi connectivity index (χ0n) is 19.2. The van der Waals surface area contributed by atoms with Gasteiger partial charge in [-0.3, -0.25) is 14.9 Å². The van der Waals surface area contributed by atoms with Crippen LogP contribution in [0.4, 0.5) is 10.5 Å². The summed E-state index contributed by atoms with van der Waals surface area (Å²) >= 11 is 12.1. The number of benzene rings is 3. The predicted octanol–water partition coefficient (Wildman–Crippen LogP) is 4.95. The Morgan fingerprint density at radius 2 is 1.73 bits per heavy atom. The summed E-state index contributed by atoms with van der Waals surface area (Å²) in [6.07, 6.45) is 1.32. The lowest BCUT2D eigenvalue weighted by Gasteiger charge is -2.27. The quantitative estimate of drug-likeness (QED) is 0.321. The van der Waals surface area contributed by atoms with Crippen LogP contribution in [0.2, 0.25) is 10.0 Å². The molecule has 1 aliphatic heterocycles. The van der Waals surface area contributed by atoms with Gasteiger partial charge in [0, 0.05) is 5.02 Å². The van der Waals surface area contributed by atoms with Crippen molar-refractivity contribution < 1.29 is 33.8 Å². The van der Waals surface area contributed by atoms with E-state index in [4.69, 9.17) is 37.8 Å². The largest absolute Gasteiger partial charge is 0.493 e. The molecular weight excluding hydrogens is 523 g/mol. The first-order valence-electron chi connectivity index (χ1n) is 10.7. The number of barbiturate groups is 1. The Hall–Kier alpha value is -4.34. The maximum atomic E-state index is 13.1. The van der Waals surface area contributed by atoms with Crippen molar-refractivity contribution in [3.63, 3.8) is 0 Å². The van der Waals surface area contributed by atoms with Gasteiger partial charge in [0.1, 0.15) is 12.2 Å². The molecule has 4 amide bonds. The first-order chi connectivity index (χ1) is 17.7. The number of imide groups is 2. The van der Waals surface area contributed by atoms with Gasteiger partial charge < -0.3 is 14.6 Å². The van der Waals surface area contributed by atoms with E-state index in [0.717, 1.165) is 10.5 Å². The normalized spacial score (nSPS) is 14.5. The molecule has 1 heterocycles. The molecule has 9 nitrogen and oxygen atoms in total. The Labute approximate surface area is 220 Å². The van der Waals surface area contributed by atoms with Gasteiger partial charge in [0.2, 0.25) is 0 Å². The number of urea groups is 1. The number of carboxylic acids is 1. The van der Waals surface area contributed by atoms with E-state index in [1.807, 2.05) is 0 Å². The third-order valence-electron chi connectivity index (χ3n) is 5.35. The van der Waals surface area contributed by atoms with Gasteiger partial charge in [-0.15, -0.1) is 0 Å². The average Bonchev–Trinajstić information content (AvgIpc) is 2.87. The van der Waals surface area contributed by atoms with Crippen LogP contribution in [0, 0.1) is 0 Å². The summed E-state index contributed by atoms with van der Waals surface area (Å²) < 4.78 is 11.2. The minimum Gasteiger partial charge on any atom is -0.493 e. The van der Waals surface area contributed by atoms with E-state index in [9.17, 15) is 19.2 Å². The number of anilines is 1. The van der Waals surface area contributed by atoms with Crippen LogP contribution in [-0.2, 0) is 16.2 Å². The molecule has 1 fully saturated rings. The van der Waals surface area contributed by atoms with Gasteiger partial charge in [-0.25, -0.2) is 14.5 Å². The fourth-order valence-corrected chi connectivity index (χ4v) is 4.00. The van der Waals surface area contributed by atoms with Crippen molar-refractivity contribution in [1.29, 1.82) is 0 Å². The maximum Gasteiger partial charge on any atom is 0.335 e. The highest BCUT2D eigenvalue weighted by Crippen LogP contribution is 2.33. The molecule has 1 saturated heterocycles. The van der Waals surface area contributed by atoms with Crippen LogP contribution in [0.25, 0.3) is 6.08 Å². The van der Waals surface area contributed by atoms with Gasteiger partial charge in [0.25, 0.3) is 11.8 Å². The summed E-state index contributed by atoms with van der Waals surface area (Å²) in [5, 5.41) is 11.5. The Kier molecular flexibility index (Phi) is 7.47. The lowest BCUT2D eigenvalue weighted by Crippen LogP contribution is -2.54. The van der Waals surface area contributed by atoms with Crippen molar-refractivity contribution in [3.8, 4) is 11.5 Å². The molecule has 2 N–H and O–H groups in total. The highest BCUT2D eigenvalue weighted by Gasteiger charge is 2.37. The lowest BCUT2D eigenvalue weighted by molar-refractivity contribution is -0.122. The molecule has 3 aromatic rings. The lowest BCUT2D eigenvalue weighted by atomic mass is 10.1. The van der Waals surface area contributed by atoms with E-state index in [1.54, 1.807) is 30.3 Å². The molecular formula is C26H18Cl2N2O7. The summed E-state index contributed by atoms with van der Waals surface area (Å²) in [4.78, 5) is 49.8. The summed E-state index contributed by atoms with van der Waals surface area (Å²) in [6.45, 7) is 0.149. The molecule has 4 rings (SSSR count). The van der Waals surface area contributed by atoms with E-state index in [1.165, 1.54) is 43.5 Å². The molecule has 0 unspecified atom stereocenters. The van der Waals surface area contributed by atoms with E-state index in [0.29, 0.717) is 22.1 Å². The Bertz CT molecular complexity index is 1450. The summed E-state index contributed by atoms with van der Waals surface area (Å²) in [6, 6.07) is 14.3. The Morgan fingerprint density at radius 1 is 1.00 bits per heavy atom. The molecule has 1 aliphatic rings. The highest BCUT2D eigenvalue weighted by molar-refractivity contribution is 6.42. The number of rotatable bonds is 7. The van der Waals surface area contributed by atoms with Crippen molar-refractivity contribution in [2.45, 2.75) is 6.61 Å². The fraction of sp³-hybridized carbons (Fsp3) is 0.0769. The average molecular weight is 541 g/mol. The molecule has 0 atom stereocenters. The van der Waals surface area contributed by atoms with Gasteiger partial charge in [-0.1, -0.05) is 41.4 Å². The molecule has 188 valence electrons. The molecule has 3 aromatic carbocycles. The zero-order chi connectivity index (χ0) is 26.7. The van der Waals surface area contributed by atoms with Gasteiger partial charge >= 0.3 is 12.0 Å². The second kappa shape index (κ2) is 10.7. The van der Waals surface area contributed by atoms with E-state index in [2.05, 4.69) is 5.32 Å². The van der Waals surface area contributed by atoms with Crippen LogP contribution in [0.5, 0.6) is 11.5 Å². The SMILES string of the molecule is COc1cc(/C=C2/C(=O)NC(=O)N(c3ccc(Cl)cc3Cl)C2=O)ccc1OCc1ccc(C(=O)O)cc1. The number of halogens is 2. The number of hydrogen-bond donors (Lipinski definition) is 2. The molecule has 0 radical (unpaired) electrons. The predicted molar refractivity (Wildman–Crippen MR) is 136 cm³/mol. The number of hydrogen-bond acceptors (Lipinski definition) is 6. The van der Waals surface area contributed by atoms with E-state index in [-0.39, 0.29) is 28.5 Å². The minimum absolute atomic E-state index is 0.0606. The topological polar surface area (TPSA) is 122 Å². The summed E-state index contributed by atoms with van der Waals surface area (Å²) in [5.74, 6) is -2.03. The van der Waals surface area contributed by atoms with Crippen LogP contribution in [0.1, 0.15) is 21.5 Å². The van der Waals surface area contributed by atoms with Gasteiger partial charge in [0.05, 0.1) is 23.4 Å². The first-order valence-corrected chi connectivity index (χ1v) is 11.4. The molecule has 0 spiro atoms. The molecule has 0 bridgehead atoms. The van der Waals surface area contributed by atoms with Crippen LogP contribution >= 0.6 is 23.2 Å². The third kappa shape index (κ3) is 5.58. The first kappa shape index (κ1) is 25.7. The number of nitrogens with one attached hydrogen (secondary N) is 1. The van der Waals surface area contributed by atoms with Crippen molar-refractivity contribution >= 4 is 58.8 Å². The van der Waals surface area contributed by atoms with E-state index < -0.39 is 23.8 Å². The third-order valence-corrected chi connectivity index (χ3v) is 5.88. The van der Waals surface area contributed by atoms with Gasteiger partial charge in [0.15, 0.2) is 11.5 Å². The standard InChI is InChI=1S/C26H18Cl2N2O7/c1-36-22-11-15(4-9-21(22)37-13-14-2-5-16(6-3-14)25(33)34)10-18-23(31)29-26(35)30(24(18)32)20-8-7-17(27)12-19(20)28/h2-12H,13H2,1H3,(H,33,34)(H,29,31,35)/b18-10-. The smallest absolute Gasteiger partial charge is 0.335 e. The number of ether oxygens (including phenoxy) is 2. The number of carboxylic acid groups (broad SMARTS) is 1. The Morgan fingerprint density at radius 3 is 2.38 bits per heavy atom. The number of carbonyl (C=O) groups is 4. The zero-order valence-corrected chi connectivity index (χ0v) is 20.7. The molecule has 37 heavy (non-hydrogen) atoms. The van der Waals surface area contributed by atoms with Crippen LogP contribution < -0.4 is 19.7 Å². The second-order valence-electron chi connectivity index (χ2n) is 7.75. The second-order valence-corrected chi connectivity index (χ2v) is 8.60. The maximum absolute atomic E-state index is 13.1. The van der Waals surface area contributed by atoms with Crippen molar-refractivity contribution in [1.82, 2.24) is 5.32 Å². The van der Waals surface area contributed by atoms with Crippen LogP contribution in [0.3, 0.4) is 0 Å². The van der Waals surface area contributed by atoms with Crippen molar-refractivity contribution in [2.24, 2.45) is 0 Å². The number of amides is 4. The summed E-state index contributed by atoms with van der Waals surface area (Å²) in [5.41, 5.74) is 1.13. The number of carbonyl (C=O) groups excluding carboxylic acids is 3. The van der Waals surface area contributed by atoms with Crippen molar-refractivity contribution in [3.05, 3.63) is 93.0 Å². The summed E-state index contributed by atoms with van der Waals surface area (Å²) in [7, 11) is 1.43. The highest BCUT2D eigenvalue weighted by atomic mass is 35.5. The van der Waals surface area contributed by atoms with Crippen LogP contribution in [-0.4, -0.2) is 36.0 Å². The van der Waals surface area contributed by atoms with Crippen LogP contribution in [0.15, 0.2) is 66.2 Å². The molecule has 0 aromatic heterocycles. The number of methoxy groups -OCH3 is 1.